The minimum atomic E-state index is -4.60. The average molecular weight is 417 g/mol. The predicted octanol–water partition coefficient (Wildman–Crippen LogP) is 2.42. The third-order valence-corrected chi connectivity index (χ3v) is 5.95. The van der Waals surface area contributed by atoms with Crippen molar-refractivity contribution >= 4 is 6.03 Å². The number of rotatable bonds is 3. The van der Waals surface area contributed by atoms with Crippen LogP contribution in [-0.4, -0.2) is 65.5 Å². The van der Waals surface area contributed by atoms with E-state index < -0.39 is 23.8 Å². The maximum atomic E-state index is 13.8. The number of amides is 2. The molecule has 2 unspecified atom stereocenters. The maximum absolute atomic E-state index is 13.8. The van der Waals surface area contributed by atoms with Gasteiger partial charge in [0.2, 0.25) is 0 Å². The van der Waals surface area contributed by atoms with Crippen molar-refractivity contribution in [3.05, 3.63) is 29.6 Å². The van der Waals surface area contributed by atoms with Gasteiger partial charge in [0.15, 0.2) is 11.6 Å². The first-order valence-electron chi connectivity index (χ1n) is 9.64. The van der Waals surface area contributed by atoms with Crippen molar-refractivity contribution in [3.63, 3.8) is 0 Å². The number of nitrogens with zero attached hydrogens (tertiary/aromatic N) is 2. The SMILES string of the molecule is O=C(N1CC(COc2ccc(C(F)(F)F)cc2F)C1)N1CCC2(CCC(O)N2)C1. The fourth-order valence-corrected chi connectivity index (χ4v) is 4.30. The number of urea groups is 1. The Morgan fingerprint density at radius 3 is 2.66 bits per heavy atom. The third-order valence-electron chi connectivity index (χ3n) is 5.95. The Hall–Kier alpha value is -2.07. The van der Waals surface area contributed by atoms with Crippen LogP contribution < -0.4 is 10.1 Å². The third kappa shape index (κ3) is 4.13. The van der Waals surface area contributed by atoms with E-state index in [9.17, 15) is 27.5 Å². The molecule has 10 heteroatoms. The van der Waals surface area contributed by atoms with Crippen LogP contribution in [-0.2, 0) is 6.18 Å². The first-order valence-corrected chi connectivity index (χ1v) is 9.64. The zero-order valence-corrected chi connectivity index (χ0v) is 15.7. The van der Waals surface area contributed by atoms with Crippen molar-refractivity contribution < 1.29 is 32.2 Å². The predicted molar refractivity (Wildman–Crippen MR) is 94.7 cm³/mol. The van der Waals surface area contributed by atoms with Gasteiger partial charge in [0.25, 0.3) is 0 Å². The summed E-state index contributed by atoms with van der Waals surface area (Å²) in [7, 11) is 0. The Morgan fingerprint density at radius 1 is 1.28 bits per heavy atom. The van der Waals surface area contributed by atoms with Crippen molar-refractivity contribution in [2.75, 3.05) is 32.8 Å². The topological polar surface area (TPSA) is 65.0 Å². The molecule has 1 aromatic carbocycles. The summed E-state index contributed by atoms with van der Waals surface area (Å²) in [6.07, 6.45) is -2.78. The van der Waals surface area contributed by atoms with Gasteiger partial charge in [-0.25, -0.2) is 9.18 Å². The lowest BCUT2D eigenvalue weighted by Gasteiger charge is -2.41. The normalized spacial score (nSPS) is 27.6. The summed E-state index contributed by atoms with van der Waals surface area (Å²) in [5.41, 5.74) is -1.25. The highest BCUT2D eigenvalue weighted by atomic mass is 19.4. The molecule has 3 fully saturated rings. The highest BCUT2D eigenvalue weighted by molar-refractivity contribution is 5.76. The number of carbonyl (C=O) groups is 1. The van der Waals surface area contributed by atoms with Gasteiger partial charge in [-0.05, 0) is 37.5 Å². The lowest BCUT2D eigenvalue weighted by Crippen LogP contribution is -2.57. The molecule has 2 N–H and O–H groups in total. The summed E-state index contributed by atoms with van der Waals surface area (Å²) in [5, 5.41) is 12.9. The van der Waals surface area contributed by atoms with Gasteiger partial charge < -0.3 is 19.6 Å². The molecule has 6 nitrogen and oxygen atoms in total. The van der Waals surface area contributed by atoms with Crippen LogP contribution >= 0.6 is 0 Å². The van der Waals surface area contributed by atoms with E-state index in [1.807, 2.05) is 0 Å². The number of nitrogens with one attached hydrogen (secondary N) is 1. The van der Waals surface area contributed by atoms with Crippen LogP contribution in [0, 0.1) is 11.7 Å². The van der Waals surface area contributed by atoms with E-state index in [4.69, 9.17) is 4.74 Å². The number of aliphatic hydroxyl groups is 1. The van der Waals surface area contributed by atoms with Crippen molar-refractivity contribution in [2.45, 2.75) is 37.2 Å². The second-order valence-corrected chi connectivity index (χ2v) is 8.16. The van der Waals surface area contributed by atoms with Crippen LogP contribution in [0.2, 0.25) is 0 Å². The molecule has 2 amide bonds. The lowest BCUT2D eigenvalue weighted by molar-refractivity contribution is -0.137. The number of ether oxygens (including phenoxy) is 1. The largest absolute Gasteiger partial charge is 0.490 e. The van der Waals surface area contributed by atoms with Crippen LogP contribution in [0.3, 0.4) is 0 Å². The molecule has 3 heterocycles. The summed E-state index contributed by atoms with van der Waals surface area (Å²) >= 11 is 0. The van der Waals surface area contributed by atoms with Gasteiger partial charge in [-0.2, -0.15) is 13.2 Å². The molecular formula is C19H23F4N3O3. The smallest absolute Gasteiger partial charge is 0.416 e. The van der Waals surface area contributed by atoms with Crippen molar-refractivity contribution in [2.24, 2.45) is 5.92 Å². The van der Waals surface area contributed by atoms with Gasteiger partial charge in [-0.1, -0.05) is 0 Å². The lowest BCUT2D eigenvalue weighted by atomic mass is 9.97. The molecular weight excluding hydrogens is 394 g/mol. The van der Waals surface area contributed by atoms with E-state index in [1.54, 1.807) is 9.80 Å². The van der Waals surface area contributed by atoms with Crippen LogP contribution in [0.5, 0.6) is 5.75 Å². The number of alkyl halides is 3. The Morgan fingerprint density at radius 2 is 2.03 bits per heavy atom. The molecule has 29 heavy (non-hydrogen) atoms. The van der Waals surface area contributed by atoms with Crippen LogP contribution in [0.15, 0.2) is 18.2 Å². The average Bonchev–Trinajstić information content (AvgIpc) is 3.19. The zero-order valence-electron chi connectivity index (χ0n) is 15.7. The highest BCUT2D eigenvalue weighted by Gasteiger charge is 2.46. The monoisotopic (exact) mass is 417 g/mol. The summed E-state index contributed by atoms with van der Waals surface area (Å²) in [6, 6.07) is 2.11. The number of carbonyl (C=O) groups excluding carboxylic acids is 1. The van der Waals surface area contributed by atoms with E-state index in [0.717, 1.165) is 25.0 Å². The molecule has 1 spiro atoms. The molecule has 1 aromatic rings. The molecule has 2 atom stereocenters. The van der Waals surface area contributed by atoms with Crippen molar-refractivity contribution in [3.8, 4) is 5.75 Å². The quantitative estimate of drug-likeness (QED) is 0.742. The second kappa shape index (κ2) is 7.32. The summed E-state index contributed by atoms with van der Waals surface area (Å²) in [5.74, 6) is -1.28. The highest BCUT2D eigenvalue weighted by Crippen LogP contribution is 2.34. The minimum Gasteiger partial charge on any atom is -0.490 e. The van der Waals surface area contributed by atoms with Gasteiger partial charge in [0.1, 0.15) is 6.23 Å². The molecule has 3 aliphatic heterocycles. The van der Waals surface area contributed by atoms with E-state index in [-0.39, 0.29) is 29.8 Å². The molecule has 3 aliphatic rings. The molecule has 160 valence electrons. The number of aliphatic hydroxyl groups excluding tert-OH is 1. The molecule has 4 rings (SSSR count). The summed E-state index contributed by atoms with van der Waals surface area (Å²) in [6.45, 7) is 2.25. The molecule has 0 radical (unpaired) electrons. The van der Waals surface area contributed by atoms with Gasteiger partial charge in [-0.15, -0.1) is 0 Å². The minimum absolute atomic E-state index is 0.00336. The summed E-state index contributed by atoms with van der Waals surface area (Å²) in [4.78, 5) is 16.1. The maximum Gasteiger partial charge on any atom is 0.416 e. The van der Waals surface area contributed by atoms with Crippen LogP contribution in [0.4, 0.5) is 22.4 Å². The van der Waals surface area contributed by atoms with Crippen LogP contribution in [0.1, 0.15) is 24.8 Å². The first kappa shape index (κ1) is 20.2. The van der Waals surface area contributed by atoms with Crippen molar-refractivity contribution in [1.82, 2.24) is 15.1 Å². The van der Waals surface area contributed by atoms with Gasteiger partial charge in [0.05, 0.1) is 12.2 Å². The molecule has 0 bridgehead atoms. The zero-order chi connectivity index (χ0) is 20.8. The van der Waals surface area contributed by atoms with Gasteiger partial charge >= 0.3 is 12.2 Å². The number of hydrogen-bond acceptors (Lipinski definition) is 4. The Labute approximate surface area is 165 Å². The van der Waals surface area contributed by atoms with E-state index in [0.29, 0.717) is 38.7 Å². The number of likely N-dealkylation sites (tertiary alicyclic amines) is 2. The van der Waals surface area contributed by atoms with E-state index in [1.165, 1.54) is 0 Å². The Bertz CT molecular complexity index is 784. The fraction of sp³-hybridized carbons (Fsp3) is 0.632. The summed E-state index contributed by atoms with van der Waals surface area (Å²) < 4.78 is 56.9. The molecule has 0 saturated carbocycles. The number of benzene rings is 1. The first-order chi connectivity index (χ1) is 13.7. The standard InChI is InChI=1S/C19H23F4N3O3/c20-14-7-13(19(21,22)23)1-2-15(14)29-10-12-8-26(9-12)17(28)25-6-5-18(11-25)4-3-16(27)24-18/h1-2,7,12,16,24,27H,3-6,8-11H2. The molecule has 3 saturated heterocycles. The van der Waals surface area contributed by atoms with Crippen molar-refractivity contribution in [1.29, 1.82) is 0 Å². The Balaban J connectivity index is 1.23. The number of halogens is 4. The second-order valence-electron chi connectivity index (χ2n) is 8.16. The van der Waals surface area contributed by atoms with E-state index >= 15 is 0 Å². The van der Waals surface area contributed by atoms with E-state index in [2.05, 4.69) is 5.32 Å². The van der Waals surface area contributed by atoms with Gasteiger partial charge in [0, 0.05) is 37.6 Å². The molecule has 0 aromatic heterocycles. The number of hydrogen-bond donors (Lipinski definition) is 2. The molecule has 0 aliphatic carbocycles. The Kier molecular flexibility index (Phi) is 5.10. The van der Waals surface area contributed by atoms with Crippen LogP contribution in [0.25, 0.3) is 0 Å². The fourth-order valence-electron chi connectivity index (χ4n) is 4.30. The van der Waals surface area contributed by atoms with Gasteiger partial charge in [-0.3, -0.25) is 5.32 Å².